The quantitative estimate of drug-likeness (QED) is 0.743. The summed E-state index contributed by atoms with van der Waals surface area (Å²) in [5.41, 5.74) is 1.94. The summed E-state index contributed by atoms with van der Waals surface area (Å²) in [5.74, 6) is 3.33. The number of aromatic nitrogens is 4. The van der Waals surface area contributed by atoms with Gasteiger partial charge in [0.2, 0.25) is 11.7 Å². The molecule has 0 atom stereocenters. The van der Waals surface area contributed by atoms with E-state index in [1.165, 1.54) is 0 Å². The summed E-state index contributed by atoms with van der Waals surface area (Å²) in [7, 11) is 0. The lowest BCUT2D eigenvalue weighted by molar-refractivity contribution is 0.286. The first-order valence-corrected chi connectivity index (χ1v) is 7.76. The third kappa shape index (κ3) is 4.07. The summed E-state index contributed by atoms with van der Waals surface area (Å²) in [6.07, 6.45) is 0.875. The van der Waals surface area contributed by atoms with Gasteiger partial charge in [-0.15, -0.1) is 0 Å². The molecule has 0 aliphatic rings. The van der Waals surface area contributed by atoms with Gasteiger partial charge in [-0.25, -0.2) is 9.97 Å². The highest BCUT2D eigenvalue weighted by Gasteiger charge is 2.04. The van der Waals surface area contributed by atoms with Crippen molar-refractivity contribution >= 4 is 11.5 Å². The lowest BCUT2D eigenvalue weighted by Crippen LogP contribution is -2.00. The van der Waals surface area contributed by atoms with Gasteiger partial charge in [0.15, 0.2) is 6.61 Å². The van der Waals surface area contributed by atoms with Gasteiger partial charge in [0.1, 0.15) is 17.4 Å². The predicted octanol–water partition coefficient (Wildman–Crippen LogP) is 3.36. The van der Waals surface area contributed by atoms with Crippen LogP contribution in [0.4, 0.5) is 11.5 Å². The van der Waals surface area contributed by atoms with Crippen molar-refractivity contribution in [3.05, 3.63) is 53.6 Å². The summed E-state index contributed by atoms with van der Waals surface area (Å²) >= 11 is 0. The molecule has 2 heterocycles. The number of nitrogens with zero attached hydrogens (tertiary/aromatic N) is 4. The fourth-order valence-corrected chi connectivity index (χ4v) is 2.20. The van der Waals surface area contributed by atoms with Crippen LogP contribution >= 0.6 is 0 Å². The second-order valence-electron chi connectivity index (χ2n) is 5.31. The standard InChI is InChI=1S/C17H19N5O2/c1-4-13-9-16(19-11(2)18-13)21-14-5-7-15(8-6-14)23-10-17-20-12(3)24-22-17/h5-9H,4,10H2,1-3H3,(H,18,19,21). The topological polar surface area (TPSA) is 86.0 Å². The average molecular weight is 325 g/mol. The van der Waals surface area contributed by atoms with Gasteiger partial charge in [0.25, 0.3) is 0 Å². The van der Waals surface area contributed by atoms with E-state index in [-0.39, 0.29) is 6.61 Å². The van der Waals surface area contributed by atoms with E-state index in [0.29, 0.717) is 11.7 Å². The first-order valence-electron chi connectivity index (χ1n) is 7.76. The number of hydrogen-bond donors (Lipinski definition) is 1. The molecule has 3 rings (SSSR count). The van der Waals surface area contributed by atoms with Crippen LogP contribution in [-0.2, 0) is 13.0 Å². The van der Waals surface area contributed by atoms with Crippen LogP contribution in [0.25, 0.3) is 0 Å². The van der Waals surface area contributed by atoms with Crippen LogP contribution in [-0.4, -0.2) is 20.1 Å². The Balaban J connectivity index is 1.63. The van der Waals surface area contributed by atoms with Crippen molar-refractivity contribution in [1.29, 1.82) is 0 Å². The van der Waals surface area contributed by atoms with E-state index in [1.54, 1.807) is 6.92 Å². The van der Waals surface area contributed by atoms with Crippen molar-refractivity contribution in [3.8, 4) is 5.75 Å². The zero-order valence-corrected chi connectivity index (χ0v) is 13.9. The molecule has 0 unspecified atom stereocenters. The molecule has 0 saturated heterocycles. The summed E-state index contributed by atoms with van der Waals surface area (Å²) in [6, 6.07) is 9.57. The van der Waals surface area contributed by atoms with Crippen LogP contribution in [0.5, 0.6) is 5.75 Å². The molecule has 1 aromatic carbocycles. The number of anilines is 2. The highest BCUT2D eigenvalue weighted by Crippen LogP contribution is 2.20. The number of ether oxygens (including phenoxy) is 1. The first kappa shape index (κ1) is 15.9. The summed E-state index contributed by atoms with van der Waals surface area (Å²) < 4.78 is 10.5. The van der Waals surface area contributed by atoms with E-state index in [4.69, 9.17) is 9.26 Å². The minimum Gasteiger partial charge on any atom is -0.485 e. The van der Waals surface area contributed by atoms with Gasteiger partial charge in [-0.2, -0.15) is 4.98 Å². The first-order chi connectivity index (χ1) is 11.6. The molecule has 0 spiro atoms. The van der Waals surface area contributed by atoms with Crippen LogP contribution in [0.3, 0.4) is 0 Å². The Kier molecular flexibility index (Phi) is 4.69. The maximum Gasteiger partial charge on any atom is 0.223 e. The van der Waals surface area contributed by atoms with Gasteiger partial charge in [-0.05, 0) is 37.6 Å². The molecule has 3 aromatic rings. The molecule has 0 aliphatic carbocycles. The number of aryl methyl sites for hydroxylation is 3. The molecular weight excluding hydrogens is 306 g/mol. The summed E-state index contributed by atoms with van der Waals surface area (Å²) in [4.78, 5) is 12.9. The van der Waals surface area contributed by atoms with E-state index in [9.17, 15) is 0 Å². The van der Waals surface area contributed by atoms with E-state index >= 15 is 0 Å². The molecule has 7 heteroatoms. The molecule has 124 valence electrons. The zero-order chi connectivity index (χ0) is 16.9. The fourth-order valence-electron chi connectivity index (χ4n) is 2.20. The Morgan fingerprint density at radius 1 is 1.08 bits per heavy atom. The molecule has 0 fully saturated rings. The normalized spacial score (nSPS) is 10.6. The number of hydrogen-bond acceptors (Lipinski definition) is 7. The number of rotatable bonds is 6. The maximum absolute atomic E-state index is 5.63. The second-order valence-corrected chi connectivity index (χ2v) is 5.31. The minimum absolute atomic E-state index is 0.273. The lowest BCUT2D eigenvalue weighted by Gasteiger charge is -2.09. The maximum atomic E-state index is 5.63. The third-order valence-corrected chi connectivity index (χ3v) is 3.32. The van der Waals surface area contributed by atoms with E-state index in [2.05, 4.69) is 32.3 Å². The lowest BCUT2D eigenvalue weighted by atomic mass is 10.3. The Morgan fingerprint density at radius 2 is 1.88 bits per heavy atom. The number of benzene rings is 1. The van der Waals surface area contributed by atoms with Crippen molar-refractivity contribution in [2.45, 2.75) is 33.8 Å². The van der Waals surface area contributed by atoms with Crippen LogP contribution in [0.2, 0.25) is 0 Å². The van der Waals surface area contributed by atoms with Crippen molar-refractivity contribution in [2.75, 3.05) is 5.32 Å². The zero-order valence-electron chi connectivity index (χ0n) is 13.9. The van der Waals surface area contributed by atoms with Crippen molar-refractivity contribution in [1.82, 2.24) is 20.1 Å². The van der Waals surface area contributed by atoms with Crippen molar-refractivity contribution < 1.29 is 9.26 Å². The van der Waals surface area contributed by atoms with Crippen LogP contribution in [0, 0.1) is 13.8 Å². The Hall–Kier alpha value is -2.96. The molecular formula is C17H19N5O2. The molecule has 0 bridgehead atoms. The van der Waals surface area contributed by atoms with Gasteiger partial charge in [-0.3, -0.25) is 0 Å². The van der Waals surface area contributed by atoms with Crippen LogP contribution in [0.15, 0.2) is 34.9 Å². The number of nitrogens with one attached hydrogen (secondary N) is 1. The van der Waals surface area contributed by atoms with Gasteiger partial charge >= 0.3 is 0 Å². The van der Waals surface area contributed by atoms with E-state index in [1.807, 2.05) is 37.3 Å². The Bertz CT molecular complexity index is 814. The molecule has 1 N–H and O–H groups in total. The monoisotopic (exact) mass is 325 g/mol. The SMILES string of the molecule is CCc1cc(Nc2ccc(OCc3noc(C)n3)cc2)nc(C)n1. The minimum atomic E-state index is 0.273. The van der Waals surface area contributed by atoms with E-state index in [0.717, 1.165) is 35.2 Å². The highest BCUT2D eigenvalue weighted by molar-refractivity contribution is 5.57. The fraction of sp³-hybridized carbons (Fsp3) is 0.294. The average Bonchev–Trinajstić information content (AvgIpc) is 2.99. The molecule has 0 aliphatic heterocycles. The predicted molar refractivity (Wildman–Crippen MR) is 89.2 cm³/mol. The van der Waals surface area contributed by atoms with Crippen molar-refractivity contribution in [3.63, 3.8) is 0 Å². The second kappa shape index (κ2) is 7.08. The van der Waals surface area contributed by atoms with E-state index < -0.39 is 0 Å². The molecule has 0 radical (unpaired) electrons. The Morgan fingerprint density at radius 3 is 2.54 bits per heavy atom. The molecule has 24 heavy (non-hydrogen) atoms. The van der Waals surface area contributed by atoms with Gasteiger partial charge in [-0.1, -0.05) is 12.1 Å². The molecule has 0 saturated carbocycles. The molecule has 2 aromatic heterocycles. The Labute approximate surface area is 140 Å². The van der Waals surface area contributed by atoms with Gasteiger partial charge in [0, 0.05) is 24.4 Å². The van der Waals surface area contributed by atoms with Crippen LogP contribution in [0.1, 0.15) is 30.2 Å². The third-order valence-electron chi connectivity index (χ3n) is 3.32. The summed E-state index contributed by atoms with van der Waals surface area (Å²) in [5, 5.41) is 7.07. The highest BCUT2D eigenvalue weighted by atomic mass is 16.5. The largest absolute Gasteiger partial charge is 0.485 e. The molecule has 7 nitrogen and oxygen atoms in total. The summed E-state index contributed by atoms with van der Waals surface area (Å²) in [6.45, 7) is 5.98. The smallest absolute Gasteiger partial charge is 0.223 e. The molecule has 0 amide bonds. The van der Waals surface area contributed by atoms with Crippen LogP contribution < -0.4 is 10.1 Å². The van der Waals surface area contributed by atoms with Gasteiger partial charge < -0.3 is 14.6 Å². The van der Waals surface area contributed by atoms with Crippen molar-refractivity contribution in [2.24, 2.45) is 0 Å². The van der Waals surface area contributed by atoms with Gasteiger partial charge in [0.05, 0.1) is 0 Å².